The topological polar surface area (TPSA) is 97.1 Å². The minimum absolute atomic E-state index is 0.133. The fraction of sp³-hybridized carbons (Fsp3) is 0.333. The van der Waals surface area contributed by atoms with Crippen molar-refractivity contribution in [2.45, 2.75) is 25.6 Å². The molecule has 4 rings (SSSR count). The third-order valence-electron chi connectivity index (χ3n) is 4.36. The Morgan fingerprint density at radius 2 is 2.20 bits per heavy atom. The van der Waals surface area contributed by atoms with Crippen molar-refractivity contribution < 1.29 is 14.1 Å². The van der Waals surface area contributed by atoms with Gasteiger partial charge in [-0.3, -0.25) is 13.7 Å². The quantitative estimate of drug-likeness (QED) is 0.527. The van der Waals surface area contributed by atoms with Gasteiger partial charge in [0.25, 0.3) is 0 Å². The molecular weight excluding hydrogens is 333 g/mol. The number of aryl methyl sites for hydroxylation is 1. The van der Waals surface area contributed by atoms with E-state index in [4.69, 9.17) is 4.74 Å². The van der Waals surface area contributed by atoms with Gasteiger partial charge in [-0.2, -0.15) is 0 Å². The number of nitrogens with zero attached hydrogens (tertiary/aromatic N) is 5. The number of ether oxygens (including phenoxy) is 1. The Bertz CT molecular complexity index is 1060. The maximum Gasteiger partial charge on any atom is 0.415 e. The number of aromatic nitrogens is 4. The summed E-state index contributed by atoms with van der Waals surface area (Å²) in [4.78, 5) is 26.5. The molecular formula is C15H14FN5O4. The van der Waals surface area contributed by atoms with Crippen LogP contribution in [-0.4, -0.2) is 29.2 Å². The Labute approximate surface area is 140 Å². The van der Waals surface area contributed by atoms with Crippen molar-refractivity contribution in [2.24, 2.45) is 7.05 Å². The van der Waals surface area contributed by atoms with Crippen LogP contribution in [0.3, 0.4) is 0 Å². The SMILES string of the molecule is Cn1c(=O)n(CC2(C)Cn3cc([N+](=O)[O-])nc3O2)c2cc(F)ccc21. The molecule has 25 heavy (non-hydrogen) atoms. The zero-order chi connectivity index (χ0) is 17.9. The van der Waals surface area contributed by atoms with Crippen molar-refractivity contribution in [1.29, 1.82) is 0 Å². The van der Waals surface area contributed by atoms with E-state index in [9.17, 15) is 19.3 Å². The lowest BCUT2D eigenvalue weighted by atomic mass is 10.1. The first-order valence-corrected chi connectivity index (χ1v) is 7.53. The molecule has 2 aromatic heterocycles. The number of fused-ring (bicyclic) bond motifs is 2. The molecule has 0 spiro atoms. The Morgan fingerprint density at radius 1 is 1.44 bits per heavy atom. The van der Waals surface area contributed by atoms with Crippen molar-refractivity contribution >= 4 is 16.9 Å². The lowest BCUT2D eigenvalue weighted by Crippen LogP contribution is -2.40. The number of benzene rings is 1. The van der Waals surface area contributed by atoms with E-state index in [1.807, 2.05) is 0 Å². The first kappa shape index (κ1) is 15.4. The Kier molecular flexibility index (Phi) is 3.02. The van der Waals surface area contributed by atoms with Gasteiger partial charge in [-0.1, -0.05) is 0 Å². The summed E-state index contributed by atoms with van der Waals surface area (Å²) in [5.41, 5.74) is -0.0443. The van der Waals surface area contributed by atoms with E-state index in [-0.39, 0.29) is 24.1 Å². The van der Waals surface area contributed by atoms with Crippen LogP contribution >= 0.6 is 0 Å². The van der Waals surface area contributed by atoms with Crippen LogP contribution in [0, 0.1) is 15.9 Å². The van der Waals surface area contributed by atoms with Crippen LogP contribution in [0.15, 0.2) is 29.2 Å². The minimum atomic E-state index is -0.831. The average molecular weight is 347 g/mol. The standard InChI is InChI=1S/C15H14FN5O4/c1-15(7-19-6-12(21(23)24)17-13(19)25-15)8-20-11-5-9(16)3-4-10(11)18(2)14(20)22/h3-6H,7-8H2,1-2H3. The normalized spacial score (nSPS) is 19.2. The fourth-order valence-electron chi connectivity index (χ4n) is 3.23. The molecule has 10 heteroatoms. The monoisotopic (exact) mass is 347 g/mol. The molecule has 0 aliphatic carbocycles. The number of imidazole rings is 2. The number of rotatable bonds is 3. The summed E-state index contributed by atoms with van der Waals surface area (Å²) in [5, 5.41) is 10.8. The third kappa shape index (κ3) is 2.29. The molecule has 0 bridgehead atoms. The zero-order valence-electron chi connectivity index (χ0n) is 13.5. The molecule has 0 saturated carbocycles. The largest absolute Gasteiger partial charge is 0.436 e. The minimum Gasteiger partial charge on any atom is -0.436 e. The molecule has 0 radical (unpaired) electrons. The summed E-state index contributed by atoms with van der Waals surface area (Å²) in [7, 11) is 1.62. The highest BCUT2D eigenvalue weighted by Gasteiger charge is 2.41. The maximum atomic E-state index is 13.6. The number of halogens is 1. The molecule has 1 aliphatic heterocycles. The molecule has 1 aromatic carbocycles. The van der Waals surface area contributed by atoms with E-state index in [1.165, 1.54) is 32.0 Å². The van der Waals surface area contributed by atoms with Crippen molar-refractivity contribution in [2.75, 3.05) is 0 Å². The van der Waals surface area contributed by atoms with Gasteiger partial charge in [0, 0.05) is 12.0 Å². The molecule has 3 heterocycles. The van der Waals surface area contributed by atoms with Crippen molar-refractivity contribution in [3.63, 3.8) is 0 Å². The van der Waals surface area contributed by atoms with Gasteiger partial charge < -0.3 is 14.9 Å². The first-order chi connectivity index (χ1) is 11.8. The van der Waals surface area contributed by atoms with E-state index in [2.05, 4.69) is 4.98 Å². The highest BCUT2D eigenvalue weighted by molar-refractivity contribution is 5.76. The molecule has 1 aliphatic rings. The summed E-state index contributed by atoms with van der Waals surface area (Å²) in [6, 6.07) is 4.29. The molecule has 0 amide bonds. The van der Waals surface area contributed by atoms with Crippen LogP contribution in [0.4, 0.5) is 10.2 Å². The van der Waals surface area contributed by atoms with E-state index >= 15 is 0 Å². The summed E-state index contributed by atoms with van der Waals surface area (Å²) >= 11 is 0. The van der Waals surface area contributed by atoms with Crippen LogP contribution in [0.5, 0.6) is 6.01 Å². The molecule has 0 saturated heterocycles. The number of hydrogen-bond acceptors (Lipinski definition) is 5. The fourth-order valence-corrected chi connectivity index (χ4v) is 3.23. The molecule has 3 aromatic rings. The lowest BCUT2D eigenvalue weighted by Gasteiger charge is -2.22. The lowest BCUT2D eigenvalue weighted by molar-refractivity contribution is -0.389. The highest BCUT2D eigenvalue weighted by atomic mass is 19.1. The number of nitro groups is 1. The molecule has 0 N–H and O–H groups in total. The second-order valence-corrected chi connectivity index (χ2v) is 6.38. The van der Waals surface area contributed by atoms with Gasteiger partial charge in [0.1, 0.15) is 17.6 Å². The van der Waals surface area contributed by atoms with Gasteiger partial charge in [-0.25, -0.2) is 9.18 Å². The van der Waals surface area contributed by atoms with Gasteiger partial charge in [0.05, 0.1) is 24.1 Å². The molecule has 0 fully saturated rings. The van der Waals surface area contributed by atoms with Crippen molar-refractivity contribution in [3.8, 4) is 6.01 Å². The van der Waals surface area contributed by atoms with Crippen LogP contribution in [0.25, 0.3) is 11.0 Å². The van der Waals surface area contributed by atoms with E-state index in [0.717, 1.165) is 0 Å². The van der Waals surface area contributed by atoms with Crippen LogP contribution < -0.4 is 10.4 Å². The second-order valence-electron chi connectivity index (χ2n) is 6.38. The Hall–Kier alpha value is -3.17. The summed E-state index contributed by atoms with van der Waals surface area (Å²) in [5.74, 6) is -0.727. The van der Waals surface area contributed by atoms with Crippen LogP contribution in [-0.2, 0) is 20.1 Å². The summed E-state index contributed by atoms with van der Waals surface area (Å²) in [6.07, 6.45) is 1.30. The van der Waals surface area contributed by atoms with Gasteiger partial charge in [0.15, 0.2) is 0 Å². The summed E-state index contributed by atoms with van der Waals surface area (Å²) < 4.78 is 23.8. The third-order valence-corrected chi connectivity index (χ3v) is 4.36. The predicted octanol–water partition coefficient (Wildman–Crippen LogP) is 1.44. The van der Waals surface area contributed by atoms with Crippen molar-refractivity contribution in [1.82, 2.24) is 18.7 Å². The summed E-state index contributed by atoms with van der Waals surface area (Å²) in [6.45, 7) is 2.23. The van der Waals surface area contributed by atoms with E-state index in [0.29, 0.717) is 17.6 Å². The maximum absolute atomic E-state index is 13.6. The molecule has 1 unspecified atom stereocenters. The smallest absolute Gasteiger partial charge is 0.415 e. The van der Waals surface area contributed by atoms with E-state index in [1.54, 1.807) is 20.0 Å². The highest BCUT2D eigenvalue weighted by Crippen LogP contribution is 2.32. The molecule has 1 atom stereocenters. The van der Waals surface area contributed by atoms with Crippen molar-refractivity contribution in [3.05, 3.63) is 50.8 Å². The van der Waals surface area contributed by atoms with Crippen LogP contribution in [0.2, 0.25) is 0 Å². The van der Waals surface area contributed by atoms with Gasteiger partial charge in [0.2, 0.25) is 0 Å². The Balaban J connectivity index is 1.71. The molecule has 130 valence electrons. The van der Waals surface area contributed by atoms with E-state index < -0.39 is 16.3 Å². The predicted molar refractivity (Wildman–Crippen MR) is 85.1 cm³/mol. The molecule has 9 nitrogen and oxygen atoms in total. The van der Waals surface area contributed by atoms with Gasteiger partial charge in [-0.05, 0) is 30.0 Å². The van der Waals surface area contributed by atoms with Crippen LogP contribution in [0.1, 0.15) is 6.92 Å². The average Bonchev–Trinajstić information content (AvgIpc) is 3.12. The second kappa shape index (κ2) is 4.91. The number of hydrogen-bond donors (Lipinski definition) is 0. The van der Waals surface area contributed by atoms with Gasteiger partial charge in [-0.15, -0.1) is 0 Å². The van der Waals surface area contributed by atoms with Gasteiger partial charge >= 0.3 is 17.5 Å². The Morgan fingerprint density at radius 3 is 2.88 bits per heavy atom. The first-order valence-electron chi connectivity index (χ1n) is 7.53. The zero-order valence-corrected chi connectivity index (χ0v) is 13.5.